The molecule has 1 rings (SSSR count). The molecule has 0 N–H and O–H groups in total. The van der Waals surface area contributed by atoms with Gasteiger partial charge in [0, 0.05) is 16.5 Å². The molecule has 0 amide bonds. The van der Waals surface area contributed by atoms with Crippen LogP contribution in [0.1, 0.15) is 42.5 Å². The number of hydrogen-bond acceptors (Lipinski definition) is 1. The Morgan fingerprint density at radius 3 is 2.76 bits per heavy atom. The standard InChI is InChI=1S/C14H16BrClO/c1-2-3-4-5-6-7-14(17)11-8-9-13(16)12(15)10-11/h2,8-10H,1,3-7H2. The summed E-state index contributed by atoms with van der Waals surface area (Å²) in [4.78, 5) is 11.9. The predicted octanol–water partition coefficient (Wildman–Crippen LogP) is 5.42. The summed E-state index contributed by atoms with van der Waals surface area (Å²) in [6.45, 7) is 3.67. The summed E-state index contributed by atoms with van der Waals surface area (Å²) in [6, 6.07) is 5.31. The highest BCUT2D eigenvalue weighted by atomic mass is 79.9. The van der Waals surface area contributed by atoms with Gasteiger partial charge in [-0.2, -0.15) is 0 Å². The van der Waals surface area contributed by atoms with E-state index in [0.717, 1.165) is 35.7 Å². The number of allylic oxidation sites excluding steroid dienone is 1. The molecule has 0 fully saturated rings. The zero-order valence-electron chi connectivity index (χ0n) is 9.72. The lowest BCUT2D eigenvalue weighted by Gasteiger charge is -2.03. The van der Waals surface area contributed by atoms with Crippen molar-refractivity contribution in [3.8, 4) is 0 Å². The van der Waals surface area contributed by atoms with Gasteiger partial charge in [0.15, 0.2) is 5.78 Å². The first-order valence-electron chi connectivity index (χ1n) is 5.74. The minimum Gasteiger partial charge on any atom is -0.294 e. The van der Waals surface area contributed by atoms with Crippen molar-refractivity contribution in [1.29, 1.82) is 0 Å². The largest absolute Gasteiger partial charge is 0.294 e. The fourth-order valence-electron chi connectivity index (χ4n) is 1.56. The van der Waals surface area contributed by atoms with Crippen LogP contribution in [0.2, 0.25) is 5.02 Å². The van der Waals surface area contributed by atoms with E-state index in [1.54, 1.807) is 18.2 Å². The molecular formula is C14H16BrClO. The van der Waals surface area contributed by atoms with Gasteiger partial charge in [0.1, 0.15) is 0 Å². The van der Waals surface area contributed by atoms with Gasteiger partial charge in [-0.25, -0.2) is 0 Å². The van der Waals surface area contributed by atoms with Gasteiger partial charge >= 0.3 is 0 Å². The van der Waals surface area contributed by atoms with Crippen LogP contribution >= 0.6 is 27.5 Å². The Bertz CT molecular complexity index is 401. The van der Waals surface area contributed by atoms with Gasteiger partial charge < -0.3 is 0 Å². The van der Waals surface area contributed by atoms with Crippen LogP contribution in [0.3, 0.4) is 0 Å². The number of halogens is 2. The van der Waals surface area contributed by atoms with E-state index in [4.69, 9.17) is 11.6 Å². The molecule has 92 valence electrons. The number of carbonyl (C=O) groups excluding carboxylic acids is 1. The molecular weight excluding hydrogens is 300 g/mol. The van der Waals surface area contributed by atoms with Crippen molar-refractivity contribution >= 4 is 33.3 Å². The fraction of sp³-hybridized carbons (Fsp3) is 0.357. The smallest absolute Gasteiger partial charge is 0.162 e. The van der Waals surface area contributed by atoms with Crippen molar-refractivity contribution in [2.24, 2.45) is 0 Å². The fourth-order valence-corrected chi connectivity index (χ4v) is 2.06. The lowest BCUT2D eigenvalue weighted by molar-refractivity contribution is 0.0979. The summed E-state index contributed by atoms with van der Waals surface area (Å²) < 4.78 is 0.775. The number of unbranched alkanes of at least 4 members (excludes halogenated alkanes) is 3. The molecule has 0 radical (unpaired) electrons. The van der Waals surface area contributed by atoms with Crippen LogP contribution in [-0.2, 0) is 0 Å². The quantitative estimate of drug-likeness (QED) is 0.373. The second kappa shape index (κ2) is 7.67. The Labute approximate surface area is 116 Å². The average Bonchev–Trinajstić information content (AvgIpc) is 2.32. The molecule has 1 aromatic rings. The molecule has 1 aromatic carbocycles. The highest BCUT2D eigenvalue weighted by Crippen LogP contribution is 2.24. The average molecular weight is 316 g/mol. The molecule has 0 spiro atoms. The van der Waals surface area contributed by atoms with E-state index >= 15 is 0 Å². The van der Waals surface area contributed by atoms with Gasteiger partial charge in [0.05, 0.1) is 5.02 Å². The van der Waals surface area contributed by atoms with Gasteiger partial charge in [-0.1, -0.05) is 24.1 Å². The summed E-state index contributed by atoms with van der Waals surface area (Å²) in [5.41, 5.74) is 0.727. The first kappa shape index (κ1) is 14.5. The highest BCUT2D eigenvalue weighted by molar-refractivity contribution is 9.10. The van der Waals surface area contributed by atoms with E-state index in [0.29, 0.717) is 11.4 Å². The first-order chi connectivity index (χ1) is 8.15. The number of rotatable bonds is 7. The summed E-state index contributed by atoms with van der Waals surface area (Å²) in [7, 11) is 0. The topological polar surface area (TPSA) is 17.1 Å². The van der Waals surface area contributed by atoms with Gasteiger partial charge in [0.2, 0.25) is 0 Å². The summed E-state index contributed by atoms with van der Waals surface area (Å²) >= 11 is 9.20. The summed E-state index contributed by atoms with van der Waals surface area (Å²) in [6.07, 6.45) is 6.67. The monoisotopic (exact) mass is 314 g/mol. The van der Waals surface area contributed by atoms with Gasteiger partial charge in [0.25, 0.3) is 0 Å². The molecule has 0 saturated carbocycles. The van der Waals surface area contributed by atoms with Crippen LogP contribution in [0.25, 0.3) is 0 Å². The summed E-state index contributed by atoms with van der Waals surface area (Å²) in [5, 5.41) is 0.632. The number of ketones is 1. The third-order valence-corrected chi connectivity index (χ3v) is 3.77. The molecule has 0 bridgehead atoms. The van der Waals surface area contributed by atoms with E-state index < -0.39 is 0 Å². The van der Waals surface area contributed by atoms with E-state index in [1.807, 2.05) is 6.08 Å². The van der Waals surface area contributed by atoms with Crippen molar-refractivity contribution in [2.75, 3.05) is 0 Å². The second-order valence-electron chi connectivity index (χ2n) is 3.94. The maximum Gasteiger partial charge on any atom is 0.162 e. The number of benzene rings is 1. The molecule has 0 heterocycles. The zero-order valence-corrected chi connectivity index (χ0v) is 12.1. The summed E-state index contributed by atoms with van der Waals surface area (Å²) in [5.74, 6) is 0.181. The Morgan fingerprint density at radius 2 is 2.12 bits per heavy atom. The van der Waals surface area contributed by atoms with Crippen LogP contribution in [0.15, 0.2) is 35.3 Å². The lowest BCUT2D eigenvalue weighted by Crippen LogP contribution is -1.98. The molecule has 0 aliphatic rings. The Hall–Kier alpha value is -0.600. The Balaban J connectivity index is 2.41. The maximum absolute atomic E-state index is 11.9. The number of hydrogen-bond donors (Lipinski definition) is 0. The first-order valence-corrected chi connectivity index (χ1v) is 6.91. The van der Waals surface area contributed by atoms with Gasteiger partial charge in [-0.3, -0.25) is 4.79 Å². The highest BCUT2D eigenvalue weighted by Gasteiger charge is 2.07. The van der Waals surface area contributed by atoms with Crippen molar-refractivity contribution in [1.82, 2.24) is 0 Å². The SMILES string of the molecule is C=CCCCCCC(=O)c1ccc(Cl)c(Br)c1. The predicted molar refractivity (Wildman–Crippen MR) is 76.8 cm³/mol. The van der Waals surface area contributed by atoms with E-state index in [-0.39, 0.29) is 5.78 Å². The zero-order chi connectivity index (χ0) is 12.7. The number of carbonyl (C=O) groups is 1. The Morgan fingerprint density at radius 1 is 1.35 bits per heavy atom. The van der Waals surface area contributed by atoms with Gasteiger partial charge in [-0.15, -0.1) is 6.58 Å². The molecule has 17 heavy (non-hydrogen) atoms. The maximum atomic E-state index is 11.9. The van der Waals surface area contributed by atoms with Crippen LogP contribution in [0, 0.1) is 0 Å². The van der Waals surface area contributed by atoms with Crippen LogP contribution in [-0.4, -0.2) is 5.78 Å². The molecule has 0 saturated heterocycles. The molecule has 0 unspecified atom stereocenters. The molecule has 3 heteroatoms. The Kier molecular flexibility index (Phi) is 6.53. The van der Waals surface area contributed by atoms with Crippen LogP contribution < -0.4 is 0 Å². The van der Waals surface area contributed by atoms with E-state index in [2.05, 4.69) is 22.5 Å². The third-order valence-electron chi connectivity index (χ3n) is 2.55. The second-order valence-corrected chi connectivity index (χ2v) is 5.20. The third kappa shape index (κ3) is 5.05. The molecule has 0 aliphatic heterocycles. The van der Waals surface area contributed by atoms with Crippen molar-refractivity contribution in [2.45, 2.75) is 32.1 Å². The normalized spacial score (nSPS) is 10.2. The van der Waals surface area contributed by atoms with Crippen molar-refractivity contribution < 1.29 is 4.79 Å². The van der Waals surface area contributed by atoms with Crippen LogP contribution in [0.5, 0.6) is 0 Å². The minimum absolute atomic E-state index is 0.181. The molecule has 0 aliphatic carbocycles. The lowest BCUT2D eigenvalue weighted by atomic mass is 10.0. The van der Waals surface area contributed by atoms with Crippen molar-refractivity contribution in [3.05, 3.63) is 45.9 Å². The molecule has 0 aromatic heterocycles. The number of Topliss-reactive ketones (excluding diaryl/α,β-unsaturated/α-hetero) is 1. The van der Waals surface area contributed by atoms with Crippen LogP contribution in [0.4, 0.5) is 0 Å². The van der Waals surface area contributed by atoms with Gasteiger partial charge in [-0.05, 0) is 53.4 Å². The van der Waals surface area contributed by atoms with E-state index in [1.165, 1.54) is 0 Å². The molecule has 1 nitrogen and oxygen atoms in total. The van der Waals surface area contributed by atoms with Crippen molar-refractivity contribution in [3.63, 3.8) is 0 Å². The van der Waals surface area contributed by atoms with E-state index in [9.17, 15) is 4.79 Å². The molecule has 0 atom stereocenters. The minimum atomic E-state index is 0.181.